The summed E-state index contributed by atoms with van der Waals surface area (Å²) in [6, 6.07) is 6.21. The molecule has 1 unspecified atom stereocenters. The Morgan fingerprint density at radius 3 is 2.81 bits per heavy atom. The summed E-state index contributed by atoms with van der Waals surface area (Å²) in [5.41, 5.74) is 9.74. The maximum atomic E-state index is 6.07. The van der Waals surface area contributed by atoms with Gasteiger partial charge in [0.1, 0.15) is 17.4 Å². The van der Waals surface area contributed by atoms with Crippen LogP contribution in [0.5, 0.6) is 5.75 Å². The van der Waals surface area contributed by atoms with E-state index in [2.05, 4.69) is 19.9 Å². The van der Waals surface area contributed by atoms with Crippen molar-refractivity contribution in [1.29, 1.82) is 0 Å². The van der Waals surface area contributed by atoms with Crippen molar-refractivity contribution in [3.63, 3.8) is 0 Å². The van der Waals surface area contributed by atoms with Crippen molar-refractivity contribution in [3.8, 4) is 5.75 Å². The molecule has 2 N–H and O–H groups in total. The molecule has 0 saturated heterocycles. The summed E-state index contributed by atoms with van der Waals surface area (Å²) in [6.45, 7) is 6.76. The summed E-state index contributed by atoms with van der Waals surface area (Å²) in [5.74, 6) is 1.58. The second-order valence-electron chi connectivity index (χ2n) is 5.91. The van der Waals surface area contributed by atoms with Crippen LogP contribution in [0.25, 0.3) is 0 Å². The molecule has 4 heteroatoms. The van der Waals surface area contributed by atoms with E-state index in [0.717, 1.165) is 10.8 Å². The van der Waals surface area contributed by atoms with Crippen molar-refractivity contribution in [1.82, 2.24) is 4.98 Å². The van der Waals surface area contributed by atoms with Crippen molar-refractivity contribution in [2.24, 2.45) is 5.73 Å². The summed E-state index contributed by atoms with van der Waals surface area (Å²) in [4.78, 5) is 6.01. The first-order chi connectivity index (χ1) is 10.1. The third kappa shape index (κ3) is 3.11. The van der Waals surface area contributed by atoms with Crippen LogP contribution < -0.4 is 10.5 Å². The minimum absolute atomic E-state index is 0.0626. The van der Waals surface area contributed by atoms with Crippen LogP contribution in [0.4, 0.5) is 0 Å². The van der Waals surface area contributed by atoms with Gasteiger partial charge in [0.05, 0.1) is 5.69 Å². The van der Waals surface area contributed by atoms with Crippen LogP contribution in [-0.2, 0) is 6.61 Å². The molecule has 0 aliphatic heterocycles. The highest BCUT2D eigenvalue weighted by atomic mass is 32.1. The zero-order valence-corrected chi connectivity index (χ0v) is 13.7. The Kier molecular flexibility index (Phi) is 4.00. The smallest absolute Gasteiger partial charge is 0.140 e. The molecule has 0 radical (unpaired) electrons. The molecular weight excluding hydrogens is 280 g/mol. The van der Waals surface area contributed by atoms with Crippen LogP contribution >= 0.6 is 11.3 Å². The fraction of sp³-hybridized carbons (Fsp3) is 0.471. The van der Waals surface area contributed by atoms with Crippen LogP contribution in [-0.4, -0.2) is 4.98 Å². The van der Waals surface area contributed by atoms with Gasteiger partial charge in [0, 0.05) is 16.8 Å². The molecule has 1 saturated carbocycles. The van der Waals surface area contributed by atoms with Gasteiger partial charge in [0.25, 0.3) is 0 Å². The van der Waals surface area contributed by atoms with Crippen molar-refractivity contribution in [2.75, 3.05) is 0 Å². The number of ether oxygens (including phenoxy) is 1. The average Bonchev–Trinajstić information content (AvgIpc) is 3.20. The summed E-state index contributed by atoms with van der Waals surface area (Å²) in [7, 11) is 0. The number of aryl methyl sites for hydroxylation is 1. The lowest BCUT2D eigenvalue weighted by Crippen LogP contribution is -2.05. The largest absolute Gasteiger partial charge is 0.486 e. The lowest BCUT2D eigenvalue weighted by molar-refractivity contribution is 0.303. The van der Waals surface area contributed by atoms with Gasteiger partial charge in [0.2, 0.25) is 0 Å². The summed E-state index contributed by atoms with van der Waals surface area (Å²) in [5, 5.41) is 1.03. The standard InChI is InChI=1S/C17H22N2OS/c1-10-5-4-6-14(11(10)2)20-9-15-19-16(13-7-8-13)17(21-15)12(3)18/h4-6,12-13H,7-9,18H2,1-3H3. The number of benzene rings is 1. The first-order valence-electron chi connectivity index (χ1n) is 7.50. The Morgan fingerprint density at radius 2 is 2.14 bits per heavy atom. The first-order valence-corrected chi connectivity index (χ1v) is 8.32. The third-order valence-corrected chi connectivity index (χ3v) is 5.25. The van der Waals surface area contributed by atoms with Crippen molar-refractivity contribution in [2.45, 2.75) is 52.2 Å². The van der Waals surface area contributed by atoms with Crippen LogP contribution in [0.3, 0.4) is 0 Å². The first kappa shape index (κ1) is 14.5. The molecule has 1 heterocycles. The number of hydrogen-bond acceptors (Lipinski definition) is 4. The van der Waals surface area contributed by atoms with E-state index in [0.29, 0.717) is 12.5 Å². The summed E-state index contributed by atoms with van der Waals surface area (Å²) < 4.78 is 5.96. The predicted octanol–water partition coefficient (Wildman–Crippen LogP) is 4.24. The van der Waals surface area contributed by atoms with Crippen molar-refractivity contribution in [3.05, 3.63) is 44.9 Å². The fourth-order valence-corrected chi connectivity index (χ4v) is 3.47. The van der Waals surface area contributed by atoms with Crippen molar-refractivity contribution >= 4 is 11.3 Å². The minimum Gasteiger partial charge on any atom is -0.486 e. The third-order valence-electron chi connectivity index (χ3n) is 4.01. The molecule has 1 atom stereocenters. The molecule has 1 aromatic heterocycles. The molecule has 0 amide bonds. The second kappa shape index (κ2) is 5.78. The average molecular weight is 302 g/mol. The zero-order valence-electron chi connectivity index (χ0n) is 12.8. The number of thiazole rings is 1. The molecule has 21 heavy (non-hydrogen) atoms. The predicted molar refractivity (Wildman–Crippen MR) is 86.9 cm³/mol. The summed E-state index contributed by atoms with van der Waals surface area (Å²) in [6.07, 6.45) is 2.50. The van der Waals surface area contributed by atoms with E-state index in [1.54, 1.807) is 11.3 Å². The molecule has 1 aliphatic rings. The molecule has 3 rings (SSSR count). The highest BCUT2D eigenvalue weighted by molar-refractivity contribution is 7.11. The molecular formula is C17H22N2OS. The Morgan fingerprint density at radius 1 is 1.38 bits per heavy atom. The Labute approximate surface area is 130 Å². The maximum absolute atomic E-state index is 6.07. The number of nitrogens with zero attached hydrogens (tertiary/aromatic N) is 1. The van der Waals surface area contributed by atoms with Gasteiger partial charge >= 0.3 is 0 Å². The van der Waals surface area contributed by atoms with E-state index in [-0.39, 0.29) is 6.04 Å². The van der Waals surface area contributed by atoms with E-state index < -0.39 is 0 Å². The number of nitrogens with two attached hydrogens (primary N) is 1. The summed E-state index contributed by atoms with van der Waals surface area (Å²) >= 11 is 1.70. The maximum Gasteiger partial charge on any atom is 0.140 e. The fourth-order valence-electron chi connectivity index (χ4n) is 2.45. The van der Waals surface area contributed by atoms with Gasteiger partial charge in [-0.05, 0) is 50.8 Å². The number of rotatable bonds is 5. The normalized spacial score (nSPS) is 16.0. The topological polar surface area (TPSA) is 48.1 Å². The van der Waals surface area contributed by atoms with Gasteiger partial charge < -0.3 is 10.5 Å². The van der Waals surface area contributed by atoms with Gasteiger partial charge in [-0.2, -0.15) is 0 Å². The van der Waals surface area contributed by atoms with E-state index in [4.69, 9.17) is 15.5 Å². The van der Waals surface area contributed by atoms with E-state index >= 15 is 0 Å². The van der Waals surface area contributed by atoms with Crippen LogP contribution in [0, 0.1) is 13.8 Å². The SMILES string of the molecule is Cc1cccc(OCc2nc(C3CC3)c(C(C)N)s2)c1C. The number of hydrogen-bond donors (Lipinski definition) is 1. The number of aromatic nitrogens is 1. The molecule has 3 nitrogen and oxygen atoms in total. The Bertz CT molecular complexity index is 625. The highest BCUT2D eigenvalue weighted by Gasteiger charge is 2.30. The van der Waals surface area contributed by atoms with E-state index in [9.17, 15) is 0 Å². The lowest BCUT2D eigenvalue weighted by Gasteiger charge is -2.09. The van der Waals surface area contributed by atoms with Gasteiger partial charge in [0.15, 0.2) is 0 Å². The monoisotopic (exact) mass is 302 g/mol. The van der Waals surface area contributed by atoms with Gasteiger partial charge in [-0.25, -0.2) is 4.98 Å². The van der Waals surface area contributed by atoms with Crippen LogP contribution in [0.1, 0.15) is 58.4 Å². The van der Waals surface area contributed by atoms with Gasteiger partial charge in [-0.3, -0.25) is 0 Å². The molecule has 0 bridgehead atoms. The van der Waals surface area contributed by atoms with E-state index in [1.807, 2.05) is 19.1 Å². The molecule has 2 aromatic rings. The second-order valence-corrected chi connectivity index (χ2v) is 7.02. The quantitative estimate of drug-likeness (QED) is 0.899. The minimum atomic E-state index is 0.0626. The molecule has 1 aliphatic carbocycles. The molecule has 112 valence electrons. The van der Waals surface area contributed by atoms with E-state index in [1.165, 1.54) is 34.5 Å². The van der Waals surface area contributed by atoms with Gasteiger partial charge in [-0.1, -0.05) is 12.1 Å². The van der Waals surface area contributed by atoms with Crippen molar-refractivity contribution < 1.29 is 4.74 Å². The molecule has 1 fully saturated rings. The Balaban J connectivity index is 1.76. The highest BCUT2D eigenvalue weighted by Crippen LogP contribution is 2.44. The Hall–Kier alpha value is -1.39. The lowest BCUT2D eigenvalue weighted by atomic mass is 10.1. The molecule has 1 aromatic carbocycles. The zero-order chi connectivity index (χ0) is 15.0. The van der Waals surface area contributed by atoms with Gasteiger partial charge in [-0.15, -0.1) is 11.3 Å². The van der Waals surface area contributed by atoms with Crippen LogP contribution in [0.15, 0.2) is 18.2 Å². The molecule has 0 spiro atoms. The van der Waals surface area contributed by atoms with Crippen LogP contribution in [0.2, 0.25) is 0 Å².